The number of rotatable bonds is 5. The van der Waals surface area contributed by atoms with Gasteiger partial charge in [-0.05, 0) is 57.9 Å². The summed E-state index contributed by atoms with van der Waals surface area (Å²) in [6, 6.07) is 8.73. The minimum atomic E-state index is -3.36. The zero-order valence-electron chi connectivity index (χ0n) is 16.2. The smallest absolute Gasteiger partial charge is 0.282 e. The van der Waals surface area contributed by atoms with Gasteiger partial charge in [-0.2, -0.15) is 17.0 Å². The van der Waals surface area contributed by atoms with Gasteiger partial charge in [0.15, 0.2) is 0 Å². The monoisotopic (exact) mass is 380 g/mol. The lowest BCUT2D eigenvalue weighted by atomic mass is 9.91. The van der Waals surface area contributed by atoms with Gasteiger partial charge in [0.1, 0.15) is 0 Å². The van der Waals surface area contributed by atoms with Gasteiger partial charge in [0.05, 0.1) is 12.2 Å². The highest BCUT2D eigenvalue weighted by atomic mass is 32.2. The molecule has 2 aliphatic heterocycles. The van der Waals surface area contributed by atoms with E-state index in [1.807, 2.05) is 13.8 Å². The van der Waals surface area contributed by atoms with Crippen molar-refractivity contribution in [2.75, 3.05) is 26.2 Å². The largest absolute Gasteiger partial charge is 0.373 e. The van der Waals surface area contributed by atoms with Gasteiger partial charge in [0.2, 0.25) is 0 Å². The number of morpholine rings is 1. The zero-order valence-corrected chi connectivity index (χ0v) is 17.0. The molecule has 146 valence electrons. The molecule has 0 unspecified atom stereocenters. The fraction of sp³-hybridized carbons (Fsp3) is 0.700. The van der Waals surface area contributed by atoms with Gasteiger partial charge >= 0.3 is 0 Å². The van der Waals surface area contributed by atoms with E-state index in [0.29, 0.717) is 32.1 Å². The molecule has 2 atom stereocenters. The van der Waals surface area contributed by atoms with Crippen molar-refractivity contribution in [3.05, 3.63) is 35.4 Å². The number of piperidine rings is 1. The van der Waals surface area contributed by atoms with Gasteiger partial charge in [0, 0.05) is 26.2 Å². The second kappa shape index (κ2) is 8.38. The molecule has 2 aliphatic rings. The number of ether oxygens (including phenoxy) is 1. The second-order valence-electron chi connectivity index (χ2n) is 7.95. The fourth-order valence-electron chi connectivity index (χ4n) is 4.04. The summed E-state index contributed by atoms with van der Waals surface area (Å²) in [6.45, 7) is 8.18. The summed E-state index contributed by atoms with van der Waals surface area (Å²) in [7, 11) is -3.36. The summed E-state index contributed by atoms with van der Waals surface area (Å²) in [5.41, 5.74) is 2.67. The molecule has 0 amide bonds. The Hall–Kier alpha value is -0.950. The number of aryl methyl sites for hydroxylation is 2. The Morgan fingerprint density at radius 2 is 1.58 bits per heavy atom. The molecular formula is C20H32N2O3S. The van der Waals surface area contributed by atoms with E-state index in [1.54, 1.807) is 8.61 Å². The van der Waals surface area contributed by atoms with Crippen LogP contribution in [0.25, 0.3) is 0 Å². The normalized spacial score (nSPS) is 26.9. The summed E-state index contributed by atoms with van der Waals surface area (Å²) in [4.78, 5) is 0. The third kappa shape index (κ3) is 4.85. The Morgan fingerprint density at radius 3 is 2.15 bits per heavy atom. The molecule has 0 N–H and O–H groups in total. The van der Waals surface area contributed by atoms with E-state index in [4.69, 9.17) is 4.74 Å². The highest BCUT2D eigenvalue weighted by molar-refractivity contribution is 7.86. The van der Waals surface area contributed by atoms with E-state index in [2.05, 4.69) is 31.2 Å². The fourth-order valence-corrected chi connectivity index (χ4v) is 5.83. The third-order valence-corrected chi connectivity index (χ3v) is 7.54. The summed E-state index contributed by atoms with van der Waals surface area (Å²) in [5, 5.41) is 0. The van der Waals surface area contributed by atoms with Crippen LogP contribution < -0.4 is 0 Å². The second-order valence-corrected chi connectivity index (χ2v) is 9.88. The van der Waals surface area contributed by atoms with Gasteiger partial charge < -0.3 is 4.74 Å². The Balaban J connectivity index is 1.50. The van der Waals surface area contributed by atoms with Crippen LogP contribution in [0.4, 0.5) is 0 Å². The standard InChI is InChI=1S/C20H32N2O3S/c1-16-4-6-19(7-5-16)8-9-20-10-12-21(13-11-20)26(23,24)22-14-17(2)25-18(3)15-22/h4-7,17-18,20H,8-15H2,1-3H3/t17-,18-/m0/s1. The number of hydrogen-bond donors (Lipinski definition) is 0. The van der Waals surface area contributed by atoms with Crippen molar-refractivity contribution in [2.45, 2.75) is 58.7 Å². The highest BCUT2D eigenvalue weighted by Gasteiger charge is 2.36. The van der Waals surface area contributed by atoms with Crippen LogP contribution >= 0.6 is 0 Å². The van der Waals surface area contributed by atoms with Gasteiger partial charge in [0.25, 0.3) is 10.2 Å². The quantitative estimate of drug-likeness (QED) is 0.789. The van der Waals surface area contributed by atoms with Crippen LogP contribution in [-0.2, 0) is 21.4 Å². The molecular weight excluding hydrogens is 348 g/mol. The van der Waals surface area contributed by atoms with E-state index >= 15 is 0 Å². The predicted molar refractivity (Wildman–Crippen MR) is 104 cm³/mol. The van der Waals surface area contributed by atoms with Crippen molar-refractivity contribution >= 4 is 10.2 Å². The lowest BCUT2D eigenvalue weighted by Gasteiger charge is -2.39. The van der Waals surface area contributed by atoms with Crippen molar-refractivity contribution in [1.82, 2.24) is 8.61 Å². The molecule has 3 rings (SSSR count). The molecule has 0 radical (unpaired) electrons. The van der Waals surface area contributed by atoms with Crippen LogP contribution in [0.3, 0.4) is 0 Å². The number of hydrogen-bond acceptors (Lipinski definition) is 3. The van der Waals surface area contributed by atoms with Crippen molar-refractivity contribution in [2.24, 2.45) is 5.92 Å². The molecule has 1 aromatic carbocycles. The molecule has 0 saturated carbocycles. The van der Waals surface area contributed by atoms with Crippen LogP contribution in [0, 0.1) is 12.8 Å². The third-order valence-electron chi connectivity index (χ3n) is 5.57. The van der Waals surface area contributed by atoms with Crippen molar-refractivity contribution in [3.8, 4) is 0 Å². The van der Waals surface area contributed by atoms with Crippen molar-refractivity contribution < 1.29 is 13.2 Å². The Bertz CT molecular complexity index is 672. The molecule has 0 spiro atoms. The van der Waals surface area contributed by atoms with Crippen LogP contribution in [0.15, 0.2) is 24.3 Å². The van der Waals surface area contributed by atoms with Crippen LogP contribution in [-0.4, -0.2) is 55.4 Å². The van der Waals surface area contributed by atoms with Gasteiger partial charge in [-0.3, -0.25) is 0 Å². The summed E-state index contributed by atoms with van der Waals surface area (Å²) < 4.78 is 34.9. The van der Waals surface area contributed by atoms with Crippen molar-refractivity contribution in [3.63, 3.8) is 0 Å². The van der Waals surface area contributed by atoms with Crippen LogP contribution in [0.5, 0.6) is 0 Å². The molecule has 0 aliphatic carbocycles. The zero-order chi connectivity index (χ0) is 18.7. The first-order chi connectivity index (χ1) is 12.3. The minimum Gasteiger partial charge on any atom is -0.373 e. The molecule has 1 aromatic rings. The lowest BCUT2D eigenvalue weighted by molar-refractivity contribution is -0.0456. The maximum Gasteiger partial charge on any atom is 0.282 e. The number of nitrogens with zero attached hydrogens (tertiary/aromatic N) is 2. The molecule has 0 bridgehead atoms. The summed E-state index contributed by atoms with van der Waals surface area (Å²) in [6.07, 6.45) is 4.06. The lowest BCUT2D eigenvalue weighted by Crippen LogP contribution is -2.54. The minimum absolute atomic E-state index is 0.0411. The van der Waals surface area contributed by atoms with Crippen LogP contribution in [0.2, 0.25) is 0 Å². The summed E-state index contributed by atoms with van der Waals surface area (Å²) >= 11 is 0. The molecule has 5 nitrogen and oxygen atoms in total. The topological polar surface area (TPSA) is 49.9 Å². The van der Waals surface area contributed by atoms with Crippen molar-refractivity contribution in [1.29, 1.82) is 0 Å². The molecule has 6 heteroatoms. The van der Waals surface area contributed by atoms with Gasteiger partial charge in [-0.1, -0.05) is 29.8 Å². The molecule has 0 aromatic heterocycles. The first kappa shape index (κ1) is 19.8. The summed E-state index contributed by atoms with van der Waals surface area (Å²) in [5.74, 6) is 0.616. The Kier molecular flexibility index (Phi) is 6.38. The van der Waals surface area contributed by atoms with Gasteiger partial charge in [-0.25, -0.2) is 0 Å². The highest BCUT2D eigenvalue weighted by Crippen LogP contribution is 2.26. The van der Waals surface area contributed by atoms with Gasteiger partial charge in [-0.15, -0.1) is 0 Å². The first-order valence-electron chi connectivity index (χ1n) is 9.81. The predicted octanol–water partition coefficient (Wildman–Crippen LogP) is 2.99. The first-order valence-corrected chi connectivity index (χ1v) is 11.2. The van der Waals surface area contributed by atoms with E-state index in [-0.39, 0.29) is 12.2 Å². The molecule has 26 heavy (non-hydrogen) atoms. The van der Waals surface area contributed by atoms with E-state index in [0.717, 1.165) is 25.7 Å². The Morgan fingerprint density at radius 1 is 1.00 bits per heavy atom. The molecule has 2 fully saturated rings. The van der Waals surface area contributed by atoms with E-state index in [1.165, 1.54) is 11.1 Å². The Labute approximate surface area is 158 Å². The molecule has 2 saturated heterocycles. The average Bonchev–Trinajstić information content (AvgIpc) is 2.61. The maximum atomic E-state index is 12.9. The number of benzene rings is 1. The average molecular weight is 381 g/mol. The van der Waals surface area contributed by atoms with E-state index < -0.39 is 10.2 Å². The maximum absolute atomic E-state index is 12.9. The molecule has 2 heterocycles. The van der Waals surface area contributed by atoms with Crippen LogP contribution in [0.1, 0.15) is 44.2 Å². The van der Waals surface area contributed by atoms with E-state index in [9.17, 15) is 8.42 Å². The SMILES string of the molecule is Cc1ccc(CCC2CCN(S(=O)(=O)N3C[C@H](C)O[C@@H](C)C3)CC2)cc1.